The molecule has 1 aromatic carbocycles. The van der Waals surface area contributed by atoms with E-state index in [0.29, 0.717) is 40.7 Å². The molecule has 2 heterocycles. The Bertz CT molecular complexity index is 1020. The van der Waals surface area contributed by atoms with Gasteiger partial charge in [0.05, 0.1) is 19.2 Å². The lowest BCUT2D eigenvalue weighted by Gasteiger charge is -2.02. The summed E-state index contributed by atoms with van der Waals surface area (Å²) in [7, 11) is 1.31. The summed E-state index contributed by atoms with van der Waals surface area (Å²) in [5.74, 6) is -0.128. The van der Waals surface area contributed by atoms with Gasteiger partial charge in [0.2, 0.25) is 0 Å². The highest BCUT2D eigenvalue weighted by atomic mass is 79.9. The smallest absolute Gasteiger partial charge is 0.339 e. The zero-order valence-electron chi connectivity index (χ0n) is 15.6. The molecule has 0 saturated heterocycles. The molecule has 0 aliphatic carbocycles. The second kappa shape index (κ2) is 8.39. The third-order valence-corrected chi connectivity index (χ3v) is 4.74. The number of aromatic nitrogens is 3. The number of ether oxygens (including phenoxy) is 1. The predicted molar refractivity (Wildman–Crippen MR) is 105 cm³/mol. The summed E-state index contributed by atoms with van der Waals surface area (Å²) in [6, 6.07) is 7.47. The number of hydrogen-bond acceptors (Lipinski definition) is 6. The number of esters is 1. The topological polar surface area (TPSA) is 110 Å². The lowest BCUT2D eigenvalue weighted by molar-refractivity contribution is 0.0599. The first-order valence-electron chi connectivity index (χ1n) is 8.61. The fourth-order valence-electron chi connectivity index (χ4n) is 2.84. The first kappa shape index (κ1) is 19.8. The van der Waals surface area contributed by atoms with Crippen molar-refractivity contribution >= 4 is 27.8 Å². The molecular weight excluding hydrogens is 428 g/mol. The minimum Gasteiger partial charge on any atom is -0.465 e. The molecule has 0 unspecified atom stereocenters. The average Bonchev–Trinajstić information content (AvgIpc) is 3.30. The zero-order valence-corrected chi connectivity index (χ0v) is 17.2. The number of rotatable bonds is 6. The highest BCUT2D eigenvalue weighted by Crippen LogP contribution is 2.22. The largest absolute Gasteiger partial charge is 0.465 e. The summed E-state index contributed by atoms with van der Waals surface area (Å²) in [6.07, 6.45) is 0.569. The monoisotopic (exact) mass is 446 g/mol. The van der Waals surface area contributed by atoms with Gasteiger partial charge in [-0.15, -0.1) is 0 Å². The van der Waals surface area contributed by atoms with Gasteiger partial charge in [-0.05, 0) is 37.1 Å². The van der Waals surface area contributed by atoms with Gasteiger partial charge in [-0.1, -0.05) is 34.1 Å². The molecule has 0 bridgehead atoms. The summed E-state index contributed by atoms with van der Waals surface area (Å²) >= 11 is 3.39. The van der Waals surface area contributed by atoms with Crippen LogP contribution in [0.3, 0.4) is 0 Å². The molecule has 0 spiro atoms. The summed E-state index contributed by atoms with van der Waals surface area (Å²) in [4.78, 5) is 31.8. The summed E-state index contributed by atoms with van der Waals surface area (Å²) in [5, 5.41) is 6.63. The molecule has 0 aliphatic rings. The molecule has 146 valence electrons. The Balaban J connectivity index is 1.73. The Morgan fingerprint density at radius 3 is 2.82 bits per heavy atom. The number of nitrogens with one attached hydrogen (secondary N) is 2. The van der Waals surface area contributed by atoms with Gasteiger partial charge in [0.25, 0.3) is 11.8 Å². The van der Waals surface area contributed by atoms with Gasteiger partial charge in [0.1, 0.15) is 5.69 Å². The molecular formula is C19H19BrN4O4. The maximum absolute atomic E-state index is 12.6. The highest BCUT2D eigenvalue weighted by molar-refractivity contribution is 9.10. The van der Waals surface area contributed by atoms with Crippen LogP contribution in [0.5, 0.6) is 0 Å². The third-order valence-electron chi connectivity index (χ3n) is 4.24. The van der Waals surface area contributed by atoms with Gasteiger partial charge in [-0.3, -0.25) is 4.79 Å². The van der Waals surface area contributed by atoms with Crippen molar-refractivity contribution in [2.75, 3.05) is 7.11 Å². The molecule has 3 aromatic rings. The first-order valence-corrected chi connectivity index (χ1v) is 9.40. The van der Waals surface area contributed by atoms with E-state index in [4.69, 9.17) is 9.26 Å². The molecule has 0 fully saturated rings. The third kappa shape index (κ3) is 3.99. The van der Waals surface area contributed by atoms with Crippen LogP contribution in [0.2, 0.25) is 0 Å². The van der Waals surface area contributed by atoms with Crippen LogP contribution in [0.1, 0.15) is 44.9 Å². The number of benzene rings is 1. The molecule has 0 saturated carbocycles. The highest BCUT2D eigenvalue weighted by Gasteiger charge is 2.23. The van der Waals surface area contributed by atoms with Crippen LogP contribution in [-0.2, 0) is 17.7 Å². The Hall–Kier alpha value is -2.94. The maximum Gasteiger partial charge on any atom is 0.339 e. The Morgan fingerprint density at radius 2 is 2.14 bits per heavy atom. The number of hydrogen-bond donors (Lipinski definition) is 2. The van der Waals surface area contributed by atoms with Crippen molar-refractivity contribution < 1.29 is 18.8 Å². The molecule has 0 radical (unpaired) electrons. The predicted octanol–water partition coefficient (Wildman–Crippen LogP) is 3.41. The fourth-order valence-corrected chi connectivity index (χ4v) is 3.24. The van der Waals surface area contributed by atoms with E-state index in [-0.39, 0.29) is 12.5 Å². The van der Waals surface area contributed by atoms with Crippen molar-refractivity contribution in [3.63, 3.8) is 0 Å². The van der Waals surface area contributed by atoms with E-state index in [1.807, 2.05) is 31.2 Å². The fraction of sp³-hybridized carbons (Fsp3) is 0.263. The number of nitrogens with zero attached hydrogens (tertiary/aromatic N) is 2. The minimum atomic E-state index is -0.471. The van der Waals surface area contributed by atoms with E-state index in [2.05, 4.69) is 36.4 Å². The summed E-state index contributed by atoms with van der Waals surface area (Å²) < 4.78 is 11.0. The van der Waals surface area contributed by atoms with Crippen molar-refractivity contribution in [1.29, 1.82) is 0 Å². The van der Waals surface area contributed by atoms with Crippen LogP contribution < -0.4 is 5.32 Å². The molecule has 9 heteroatoms. The van der Waals surface area contributed by atoms with Gasteiger partial charge < -0.3 is 19.6 Å². The number of methoxy groups -OCH3 is 1. The molecule has 0 aliphatic heterocycles. The van der Waals surface area contributed by atoms with E-state index < -0.39 is 5.97 Å². The van der Waals surface area contributed by atoms with Crippen LogP contribution in [0.25, 0.3) is 11.5 Å². The van der Waals surface area contributed by atoms with E-state index >= 15 is 0 Å². The molecule has 1 amide bonds. The normalized spacial score (nSPS) is 10.7. The summed E-state index contributed by atoms with van der Waals surface area (Å²) in [5.41, 5.74) is 2.68. The van der Waals surface area contributed by atoms with Gasteiger partial charge in [0.15, 0.2) is 5.82 Å². The van der Waals surface area contributed by atoms with Crippen molar-refractivity contribution in [2.45, 2.75) is 26.8 Å². The number of carbonyl (C=O) groups excluding carboxylic acids is 2. The Labute approximate surface area is 169 Å². The maximum atomic E-state index is 12.6. The number of amides is 1. The minimum absolute atomic E-state index is 0.0871. The van der Waals surface area contributed by atoms with Gasteiger partial charge in [-0.25, -0.2) is 4.79 Å². The molecule has 3 rings (SSSR count). The number of aromatic amines is 1. The van der Waals surface area contributed by atoms with Crippen LogP contribution in [0.15, 0.2) is 33.3 Å². The van der Waals surface area contributed by atoms with Crippen LogP contribution in [0.4, 0.5) is 0 Å². The average molecular weight is 447 g/mol. The van der Waals surface area contributed by atoms with Crippen LogP contribution in [-0.4, -0.2) is 34.1 Å². The first-order chi connectivity index (χ1) is 13.4. The number of carbonyl (C=O) groups is 2. The van der Waals surface area contributed by atoms with Gasteiger partial charge >= 0.3 is 5.97 Å². The molecule has 28 heavy (non-hydrogen) atoms. The standard InChI is InChI=1S/C19H19BrN4O4/c1-4-13-15(19(26)27-3)10(2)16(22-13)17(25)21-9-14-23-18(28-24-14)11-6-5-7-12(20)8-11/h5-8,22H,4,9H2,1-3H3,(H,21,25). The van der Waals surface area contributed by atoms with Crippen molar-refractivity contribution in [1.82, 2.24) is 20.4 Å². The van der Waals surface area contributed by atoms with Crippen molar-refractivity contribution in [3.05, 3.63) is 57.1 Å². The lowest BCUT2D eigenvalue weighted by Crippen LogP contribution is -2.24. The molecule has 8 nitrogen and oxygen atoms in total. The second-order valence-corrected chi connectivity index (χ2v) is 6.95. The van der Waals surface area contributed by atoms with E-state index in [1.165, 1.54) is 7.11 Å². The van der Waals surface area contributed by atoms with E-state index in [1.54, 1.807) is 6.92 Å². The molecule has 0 atom stereocenters. The van der Waals surface area contributed by atoms with Crippen LogP contribution >= 0.6 is 15.9 Å². The summed E-state index contributed by atoms with van der Waals surface area (Å²) in [6.45, 7) is 3.68. The lowest BCUT2D eigenvalue weighted by atomic mass is 10.1. The van der Waals surface area contributed by atoms with E-state index in [9.17, 15) is 9.59 Å². The number of halogens is 1. The van der Waals surface area contributed by atoms with Crippen molar-refractivity contribution in [3.8, 4) is 11.5 Å². The van der Waals surface area contributed by atoms with E-state index in [0.717, 1.165) is 10.0 Å². The number of H-pyrrole nitrogens is 1. The Kier molecular flexibility index (Phi) is 5.93. The second-order valence-electron chi connectivity index (χ2n) is 6.03. The molecule has 2 N–H and O–H groups in total. The van der Waals surface area contributed by atoms with Crippen molar-refractivity contribution in [2.24, 2.45) is 0 Å². The zero-order chi connectivity index (χ0) is 20.3. The quantitative estimate of drug-likeness (QED) is 0.561. The Morgan fingerprint density at radius 1 is 1.36 bits per heavy atom. The van der Waals surface area contributed by atoms with Gasteiger partial charge in [-0.2, -0.15) is 4.98 Å². The van der Waals surface area contributed by atoms with Crippen LogP contribution in [0, 0.1) is 6.92 Å². The molecule has 2 aromatic heterocycles. The SMILES string of the molecule is CCc1[nH]c(C(=O)NCc2noc(-c3cccc(Br)c3)n2)c(C)c1C(=O)OC. The van der Waals surface area contributed by atoms with Gasteiger partial charge in [0, 0.05) is 15.7 Å². The number of aryl methyl sites for hydroxylation is 1.